The van der Waals surface area contributed by atoms with Crippen molar-refractivity contribution in [1.29, 1.82) is 0 Å². The van der Waals surface area contributed by atoms with Gasteiger partial charge in [-0.15, -0.1) is 10.2 Å². The fourth-order valence-electron chi connectivity index (χ4n) is 3.26. The minimum Gasteiger partial charge on any atom is -0.292 e. The molecule has 1 fully saturated rings. The maximum absolute atomic E-state index is 12.7. The number of hydrogen-bond donors (Lipinski definition) is 0. The van der Waals surface area contributed by atoms with E-state index in [1.54, 1.807) is 16.8 Å². The third kappa shape index (κ3) is 2.24. The van der Waals surface area contributed by atoms with Gasteiger partial charge in [0.05, 0.1) is 5.69 Å². The molecule has 0 saturated heterocycles. The smallest absolute Gasteiger partial charge is 0.182 e. The Morgan fingerprint density at radius 1 is 1.23 bits per heavy atom. The molecule has 1 saturated carbocycles. The molecule has 2 aliphatic carbocycles. The molecule has 2 aromatic rings. The lowest BCUT2D eigenvalue weighted by atomic mass is 9.75. The standard InChI is InChI=1S/C16H17ClN4O/c1-16(2)7-10-14(9-3-4-9)20-21(15(10)11(22)8-16)13-6-5-12(17)18-19-13/h5-6,9H,3-4,7-8H2,1-2H3. The molecule has 0 N–H and O–H groups in total. The SMILES string of the molecule is CC1(C)CC(=O)c2c(c(C3CC3)nn2-c2ccc(Cl)nn2)C1. The van der Waals surface area contributed by atoms with E-state index in [1.165, 1.54) is 0 Å². The molecule has 6 heteroatoms. The second kappa shape index (κ2) is 4.62. The molecule has 4 rings (SSSR count). The van der Waals surface area contributed by atoms with Gasteiger partial charge in [-0.25, -0.2) is 4.68 Å². The minimum atomic E-state index is -0.00669. The van der Waals surface area contributed by atoms with E-state index in [0.717, 1.165) is 30.5 Å². The molecule has 2 aliphatic rings. The molecule has 5 nitrogen and oxygen atoms in total. The minimum absolute atomic E-state index is 0.00669. The van der Waals surface area contributed by atoms with E-state index in [1.807, 2.05) is 0 Å². The highest BCUT2D eigenvalue weighted by Gasteiger charge is 2.40. The van der Waals surface area contributed by atoms with Crippen LogP contribution < -0.4 is 0 Å². The average Bonchev–Trinajstić information content (AvgIpc) is 3.20. The highest BCUT2D eigenvalue weighted by Crippen LogP contribution is 2.46. The molecular formula is C16H17ClN4O. The van der Waals surface area contributed by atoms with Crippen LogP contribution in [0.1, 0.15) is 60.8 Å². The third-order valence-corrected chi connectivity index (χ3v) is 4.57. The Labute approximate surface area is 133 Å². The van der Waals surface area contributed by atoms with E-state index < -0.39 is 0 Å². The summed E-state index contributed by atoms with van der Waals surface area (Å²) in [6.45, 7) is 4.29. The normalized spacial score (nSPS) is 20.0. The van der Waals surface area contributed by atoms with Crippen LogP contribution >= 0.6 is 11.6 Å². The molecule has 114 valence electrons. The lowest BCUT2D eigenvalue weighted by Gasteiger charge is -2.29. The number of carbonyl (C=O) groups is 1. The van der Waals surface area contributed by atoms with Gasteiger partial charge in [0.2, 0.25) is 0 Å². The van der Waals surface area contributed by atoms with Gasteiger partial charge in [-0.3, -0.25) is 4.79 Å². The van der Waals surface area contributed by atoms with Gasteiger partial charge in [0, 0.05) is 17.9 Å². The van der Waals surface area contributed by atoms with Crippen molar-refractivity contribution in [3.8, 4) is 5.82 Å². The summed E-state index contributed by atoms with van der Waals surface area (Å²) in [5.41, 5.74) is 2.87. The molecule has 0 atom stereocenters. The molecule has 0 aliphatic heterocycles. The van der Waals surface area contributed by atoms with E-state index >= 15 is 0 Å². The molecule has 0 radical (unpaired) electrons. The van der Waals surface area contributed by atoms with Crippen LogP contribution in [0.25, 0.3) is 5.82 Å². The van der Waals surface area contributed by atoms with Crippen molar-refractivity contribution in [2.75, 3.05) is 0 Å². The van der Waals surface area contributed by atoms with Crippen molar-refractivity contribution >= 4 is 17.4 Å². The average molecular weight is 317 g/mol. The maximum atomic E-state index is 12.7. The van der Waals surface area contributed by atoms with Crippen molar-refractivity contribution in [3.05, 3.63) is 34.2 Å². The van der Waals surface area contributed by atoms with Crippen molar-refractivity contribution < 1.29 is 4.79 Å². The fraction of sp³-hybridized carbons (Fsp3) is 0.500. The van der Waals surface area contributed by atoms with Crippen molar-refractivity contribution in [1.82, 2.24) is 20.0 Å². The summed E-state index contributed by atoms with van der Waals surface area (Å²) in [7, 11) is 0. The lowest BCUT2D eigenvalue weighted by molar-refractivity contribution is 0.0904. The summed E-state index contributed by atoms with van der Waals surface area (Å²) < 4.78 is 1.67. The summed E-state index contributed by atoms with van der Waals surface area (Å²) in [5, 5.41) is 13.0. The zero-order valence-corrected chi connectivity index (χ0v) is 13.4. The van der Waals surface area contributed by atoms with Gasteiger partial charge in [0.15, 0.2) is 16.8 Å². The van der Waals surface area contributed by atoms with Crippen LogP contribution in [0.2, 0.25) is 5.15 Å². The van der Waals surface area contributed by atoms with Crippen LogP contribution in [0.3, 0.4) is 0 Å². The topological polar surface area (TPSA) is 60.7 Å². The maximum Gasteiger partial charge on any atom is 0.182 e. The summed E-state index contributed by atoms with van der Waals surface area (Å²) in [4.78, 5) is 12.7. The quantitative estimate of drug-likeness (QED) is 0.852. The first-order valence-corrected chi connectivity index (χ1v) is 7.97. The number of fused-ring (bicyclic) bond motifs is 1. The molecular weight excluding hydrogens is 300 g/mol. The molecule has 2 heterocycles. The van der Waals surface area contributed by atoms with Crippen LogP contribution in [0.4, 0.5) is 0 Å². The van der Waals surface area contributed by atoms with Crippen LogP contribution in [0.5, 0.6) is 0 Å². The summed E-state index contributed by atoms with van der Waals surface area (Å²) >= 11 is 5.80. The number of hydrogen-bond acceptors (Lipinski definition) is 4. The number of Topliss-reactive ketones (excluding diaryl/α,β-unsaturated/α-hetero) is 1. The summed E-state index contributed by atoms with van der Waals surface area (Å²) in [6.07, 6.45) is 3.74. The molecule has 22 heavy (non-hydrogen) atoms. The number of rotatable bonds is 2. The van der Waals surface area contributed by atoms with Crippen molar-refractivity contribution in [2.24, 2.45) is 5.41 Å². The van der Waals surface area contributed by atoms with E-state index in [-0.39, 0.29) is 11.2 Å². The molecule has 0 amide bonds. The molecule has 2 aromatic heterocycles. The fourth-order valence-corrected chi connectivity index (χ4v) is 3.36. The number of halogens is 1. The number of nitrogens with zero attached hydrogens (tertiary/aromatic N) is 4. The zero-order chi connectivity index (χ0) is 15.5. The Kier molecular flexibility index (Phi) is 2.92. The Bertz CT molecular complexity index is 759. The van der Waals surface area contributed by atoms with E-state index in [0.29, 0.717) is 29.0 Å². The molecule has 0 bridgehead atoms. The Morgan fingerprint density at radius 2 is 2.00 bits per heavy atom. The third-order valence-electron chi connectivity index (χ3n) is 4.37. The van der Waals surface area contributed by atoms with E-state index in [9.17, 15) is 4.79 Å². The first kappa shape index (κ1) is 13.9. The molecule has 0 spiro atoms. The van der Waals surface area contributed by atoms with Crippen molar-refractivity contribution in [3.63, 3.8) is 0 Å². The number of carbonyl (C=O) groups excluding carboxylic acids is 1. The Hall–Kier alpha value is -1.75. The van der Waals surface area contributed by atoms with Gasteiger partial charge < -0.3 is 0 Å². The highest BCUT2D eigenvalue weighted by atomic mass is 35.5. The largest absolute Gasteiger partial charge is 0.292 e. The Balaban J connectivity index is 1.90. The van der Waals surface area contributed by atoms with Crippen LogP contribution in [-0.2, 0) is 6.42 Å². The van der Waals surface area contributed by atoms with E-state index in [2.05, 4.69) is 24.0 Å². The van der Waals surface area contributed by atoms with Gasteiger partial charge >= 0.3 is 0 Å². The first-order valence-electron chi connectivity index (χ1n) is 7.59. The van der Waals surface area contributed by atoms with Crippen molar-refractivity contribution in [2.45, 2.75) is 45.4 Å². The van der Waals surface area contributed by atoms with Gasteiger partial charge in [0.1, 0.15) is 5.69 Å². The Morgan fingerprint density at radius 3 is 2.64 bits per heavy atom. The second-order valence-corrected chi connectivity index (χ2v) is 7.44. The van der Waals surface area contributed by atoms with Gasteiger partial charge in [-0.2, -0.15) is 5.10 Å². The summed E-state index contributed by atoms with van der Waals surface area (Å²) in [5.74, 6) is 1.19. The van der Waals surface area contributed by atoms with Crippen LogP contribution in [0, 0.1) is 5.41 Å². The highest BCUT2D eigenvalue weighted by molar-refractivity contribution is 6.29. The lowest BCUT2D eigenvalue weighted by Crippen LogP contribution is -2.28. The van der Waals surface area contributed by atoms with Gasteiger partial charge in [-0.05, 0) is 36.8 Å². The second-order valence-electron chi connectivity index (χ2n) is 7.05. The summed E-state index contributed by atoms with van der Waals surface area (Å²) in [6, 6.07) is 3.43. The predicted molar refractivity (Wildman–Crippen MR) is 82.6 cm³/mol. The molecule has 0 aromatic carbocycles. The van der Waals surface area contributed by atoms with Crippen LogP contribution in [0.15, 0.2) is 12.1 Å². The van der Waals surface area contributed by atoms with Gasteiger partial charge in [-0.1, -0.05) is 25.4 Å². The number of ketones is 1. The van der Waals surface area contributed by atoms with Gasteiger partial charge in [0.25, 0.3) is 0 Å². The predicted octanol–water partition coefficient (Wildman–Crippen LogP) is 3.35. The monoisotopic (exact) mass is 316 g/mol. The molecule has 0 unspecified atom stereocenters. The zero-order valence-electron chi connectivity index (χ0n) is 12.6. The van der Waals surface area contributed by atoms with Crippen LogP contribution in [-0.4, -0.2) is 25.8 Å². The van der Waals surface area contributed by atoms with E-state index in [4.69, 9.17) is 16.7 Å². The number of aromatic nitrogens is 4. The first-order chi connectivity index (χ1) is 10.4.